The molecule has 1 rings (SSSR count). The van der Waals surface area contributed by atoms with Gasteiger partial charge in [-0.1, -0.05) is 0 Å². The number of hydrogen-bond donors (Lipinski definition) is 0. The number of benzene rings is 1. The lowest BCUT2D eigenvalue weighted by Gasteiger charge is -2.09. The van der Waals surface area contributed by atoms with E-state index in [9.17, 15) is 4.79 Å². The van der Waals surface area contributed by atoms with Crippen LogP contribution >= 0.6 is 0 Å². The lowest BCUT2D eigenvalue weighted by molar-refractivity contribution is -0.134. The first kappa shape index (κ1) is 14.1. The lowest BCUT2D eigenvalue weighted by atomic mass is 10.1. The molecule has 0 amide bonds. The molecule has 0 saturated carbocycles. The van der Waals surface area contributed by atoms with Crippen molar-refractivity contribution in [1.29, 1.82) is 0 Å². The molecule has 0 bridgehead atoms. The quantitative estimate of drug-likeness (QED) is 0.575. The average molecular weight is 250 g/mol. The highest BCUT2D eigenvalue weighted by atomic mass is 16.5. The highest BCUT2D eigenvalue weighted by molar-refractivity contribution is 5.87. The fourth-order valence-electron chi connectivity index (χ4n) is 1.43. The summed E-state index contributed by atoms with van der Waals surface area (Å²) in [7, 11) is 1.34. The number of methoxy groups -OCH3 is 1. The molecular formula is C14H18O4. The van der Waals surface area contributed by atoms with Gasteiger partial charge in [0.15, 0.2) is 0 Å². The summed E-state index contributed by atoms with van der Waals surface area (Å²) in [4.78, 5) is 11.1. The van der Waals surface area contributed by atoms with Crippen molar-refractivity contribution in [2.45, 2.75) is 13.8 Å². The minimum atomic E-state index is -0.403. The molecule has 0 atom stereocenters. The van der Waals surface area contributed by atoms with Crippen molar-refractivity contribution < 1.29 is 19.0 Å². The third-order valence-electron chi connectivity index (χ3n) is 2.19. The summed E-state index contributed by atoms with van der Waals surface area (Å²) in [6, 6.07) is 5.49. The van der Waals surface area contributed by atoms with Crippen molar-refractivity contribution in [2.24, 2.45) is 0 Å². The summed E-state index contributed by atoms with van der Waals surface area (Å²) < 4.78 is 15.4. The number of rotatable bonds is 6. The fourth-order valence-corrected chi connectivity index (χ4v) is 1.43. The van der Waals surface area contributed by atoms with Gasteiger partial charge in [-0.15, -0.1) is 0 Å². The summed E-state index contributed by atoms with van der Waals surface area (Å²) in [5.74, 6) is 1.05. The second-order valence-corrected chi connectivity index (χ2v) is 3.42. The zero-order valence-corrected chi connectivity index (χ0v) is 10.9. The minimum absolute atomic E-state index is 0.403. The molecule has 0 heterocycles. The van der Waals surface area contributed by atoms with Gasteiger partial charge in [-0.25, -0.2) is 4.79 Å². The number of carbonyl (C=O) groups excluding carboxylic acids is 1. The number of esters is 1. The van der Waals surface area contributed by atoms with Crippen LogP contribution in [0.25, 0.3) is 6.08 Å². The van der Waals surface area contributed by atoms with Gasteiger partial charge in [-0.05, 0) is 38.1 Å². The normalized spacial score (nSPS) is 10.4. The second-order valence-electron chi connectivity index (χ2n) is 3.42. The molecule has 4 nitrogen and oxygen atoms in total. The second kappa shape index (κ2) is 7.37. The van der Waals surface area contributed by atoms with Gasteiger partial charge in [0.1, 0.15) is 11.5 Å². The van der Waals surface area contributed by atoms with Crippen LogP contribution in [-0.2, 0) is 9.53 Å². The molecule has 0 fully saturated rings. The van der Waals surface area contributed by atoms with Gasteiger partial charge < -0.3 is 14.2 Å². The molecule has 0 radical (unpaired) electrons. The van der Waals surface area contributed by atoms with Crippen molar-refractivity contribution in [1.82, 2.24) is 0 Å². The van der Waals surface area contributed by atoms with E-state index in [0.717, 1.165) is 11.3 Å². The maximum Gasteiger partial charge on any atom is 0.330 e. The standard InChI is InChI=1S/C14H18O4/c1-4-17-12-7-8-13(18-5-2)11(10-12)6-9-14(15)16-3/h6-10H,4-5H2,1-3H3. The van der Waals surface area contributed by atoms with Crippen LogP contribution in [0.5, 0.6) is 11.5 Å². The van der Waals surface area contributed by atoms with E-state index in [4.69, 9.17) is 9.47 Å². The smallest absolute Gasteiger partial charge is 0.330 e. The Morgan fingerprint density at radius 2 is 1.94 bits per heavy atom. The minimum Gasteiger partial charge on any atom is -0.494 e. The number of hydrogen-bond acceptors (Lipinski definition) is 4. The van der Waals surface area contributed by atoms with Crippen molar-refractivity contribution >= 4 is 12.0 Å². The van der Waals surface area contributed by atoms with Crippen LogP contribution in [0.4, 0.5) is 0 Å². The first-order valence-corrected chi connectivity index (χ1v) is 5.87. The van der Waals surface area contributed by atoms with E-state index in [1.54, 1.807) is 6.08 Å². The van der Waals surface area contributed by atoms with Crippen LogP contribution in [0, 0.1) is 0 Å². The Morgan fingerprint density at radius 3 is 2.56 bits per heavy atom. The van der Waals surface area contributed by atoms with Crippen LogP contribution < -0.4 is 9.47 Å². The summed E-state index contributed by atoms with van der Waals surface area (Å²) in [5.41, 5.74) is 0.785. The molecular weight excluding hydrogens is 232 g/mol. The van der Waals surface area contributed by atoms with Gasteiger partial charge >= 0.3 is 5.97 Å². The zero-order valence-electron chi connectivity index (χ0n) is 10.9. The molecule has 0 spiro atoms. The molecule has 1 aromatic carbocycles. The lowest BCUT2D eigenvalue weighted by Crippen LogP contribution is -1.97. The third-order valence-corrected chi connectivity index (χ3v) is 2.19. The van der Waals surface area contributed by atoms with Crippen molar-refractivity contribution in [3.8, 4) is 11.5 Å². The molecule has 98 valence electrons. The topological polar surface area (TPSA) is 44.8 Å². The van der Waals surface area contributed by atoms with E-state index < -0.39 is 5.97 Å². The summed E-state index contributed by atoms with van der Waals surface area (Å²) in [6.07, 6.45) is 3.01. The zero-order chi connectivity index (χ0) is 13.4. The summed E-state index contributed by atoms with van der Waals surface area (Å²) >= 11 is 0. The van der Waals surface area contributed by atoms with Crippen molar-refractivity contribution in [3.05, 3.63) is 29.8 Å². The Labute approximate surface area is 107 Å². The summed E-state index contributed by atoms with van der Waals surface area (Å²) in [5, 5.41) is 0. The summed E-state index contributed by atoms with van der Waals surface area (Å²) in [6.45, 7) is 4.98. The molecule has 0 aliphatic rings. The highest BCUT2D eigenvalue weighted by Crippen LogP contribution is 2.25. The van der Waals surface area contributed by atoms with Crippen LogP contribution in [0.15, 0.2) is 24.3 Å². The Kier molecular flexibility index (Phi) is 5.77. The van der Waals surface area contributed by atoms with Gasteiger partial charge in [0.2, 0.25) is 0 Å². The molecule has 0 aliphatic carbocycles. The van der Waals surface area contributed by atoms with Crippen LogP contribution in [0.1, 0.15) is 19.4 Å². The SMILES string of the molecule is CCOc1ccc(OCC)c(C=CC(=O)OC)c1. The number of carbonyl (C=O) groups is 1. The highest BCUT2D eigenvalue weighted by Gasteiger charge is 2.04. The van der Waals surface area contributed by atoms with Gasteiger partial charge in [0.05, 0.1) is 20.3 Å². The molecule has 1 aromatic rings. The Hall–Kier alpha value is -1.97. The predicted molar refractivity (Wildman–Crippen MR) is 69.8 cm³/mol. The largest absolute Gasteiger partial charge is 0.494 e. The monoisotopic (exact) mass is 250 g/mol. The fraction of sp³-hybridized carbons (Fsp3) is 0.357. The third kappa shape index (κ3) is 4.13. The van der Waals surface area contributed by atoms with Crippen LogP contribution in [0.3, 0.4) is 0 Å². The molecule has 0 saturated heterocycles. The molecule has 0 unspecified atom stereocenters. The average Bonchev–Trinajstić information content (AvgIpc) is 2.39. The van der Waals surface area contributed by atoms with Gasteiger partial charge in [0, 0.05) is 11.6 Å². The van der Waals surface area contributed by atoms with Crippen molar-refractivity contribution in [3.63, 3.8) is 0 Å². The predicted octanol–water partition coefficient (Wildman–Crippen LogP) is 2.67. The first-order valence-electron chi connectivity index (χ1n) is 5.87. The number of ether oxygens (including phenoxy) is 3. The Bertz CT molecular complexity index is 424. The Morgan fingerprint density at radius 1 is 1.22 bits per heavy atom. The maximum absolute atomic E-state index is 11.1. The van der Waals surface area contributed by atoms with E-state index >= 15 is 0 Å². The van der Waals surface area contributed by atoms with E-state index in [-0.39, 0.29) is 0 Å². The van der Waals surface area contributed by atoms with E-state index in [1.807, 2.05) is 32.0 Å². The van der Waals surface area contributed by atoms with Crippen molar-refractivity contribution in [2.75, 3.05) is 20.3 Å². The van der Waals surface area contributed by atoms with E-state index in [1.165, 1.54) is 13.2 Å². The van der Waals surface area contributed by atoms with Crippen LogP contribution in [-0.4, -0.2) is 26.3 Å². The van der Waals surface area contributed by atoms with Gasteiger partial charge in [0.25, 0.3) is 0 Å². The van der Waals surface area contributed by atoms with E-state index in [0.29, 0.717) is 19.0 Å². The van der Waals surface area contributed by atoms with Gasteiger partial charge in [-0.3, -0.25) is 0 Å². The first-order chi connectivity index (χ1) is 8.71. The van der Waals surface area contributed by atoms with Gasteiger partial charge in [-0.2, -0.15) is 0 Å². The molecule has 0 aromatic heterocycles. The van der Waals surface area contributed by atoms with Crippen LogP contribution in [0.2, 0.25) is 0 Å². The molecule has 4 heteroatoms. The maximum atomic E-state index is 11.1. The molecule has 0 N–H and O–H groups in total. The van der Waals surface area contributed by atoms with E-state index in [2.05, 4.69) is 4.74 Å². The Balaban J connectivity index is 2.98. The molecule has 0 aliphatic heterocycles. The molecule has 18 heavy (non-hydrogen) atoms.